The third-order valence-corrected chi connectivity index (χ3v) is 5.74. The molecule has 2 aromatic carbocycles. The van der Waals surface area contributed by atoms with E-state index < -0.39 is 17.6 Å². The van der Waals surface area contributed by atoms with E-state index in [9.17, 15) is 18.0 Å². The summed E-state index contributed by atoms with van der Waals surface area (Å²) in [4.78, 5) is 24.4. The number of hydrogen-bond donors (Lipinski definition) is 2. The number of amides is 1. The smallest absolute Gasteiger partial charge is 0.342 e. The third kappa shape index (κ3) is 5.09. The number of nitrogens with one attached hydrogen (secondary N) is 2. The lowest BCUT2D eigenvalue weighted by atomic mass is 10.0. The highest BCUT2D eigenvalue weighted by Crippen LogP contribution is 2.34. The maximum absolute atomic E-state index is 13.6. The van der Waals surface area contributed by atoms with Gasteiger partial charge in [0.1, 0.15) is 17.2 Å². The van der Waals surface area contributed by atoms with E-state index in [0.717, 1.165) is 23.3 Å². The topological polar surface area (TPSA) is 75.1 Å². The highest BCUT2D eigenvalue weighted by Gasteiger charge is 2.31. The molecule has 9 heteroatoms. The molecule has 0 bridgehead atoms. The van der Waals surface area contributed by atoms with E-state index in [4.69, 9.17) is 0 Å². The Hall–Kier alpha value is -4.84. The number of nitrogens with zero attached hydrogens (tertiary/aromatic N) is 3. The predicted octanol–water partition coefficient (Wildman–Crippen LogP) is 6.01. The number of benzene rings is 2. The fourth-order valence-electron chi connectivity index (χ4n) is 3.82. The quantitative estimate of drug-likeness (QED) is 0.299. The number of fused-ring (bicyclic) bond motifs is 1. The molecule has 0 atom stereocenters. The summed E-state index contributed by atoms with van der Waals surface area (Å²) in [6, 6.07) is 13.9. The molecule has 0 aliphatic carbocycles. The first-order valence-electron chi connectivity index (χ1n) is 11.3. The normalized spacial score (nSPS) is 11.3. The first-order chi connectivity index (χ1) is 17.7. The number of anilines is 1. The molecule has 0 aliphatic heterocycles. The van der Waals surface area contributed by atoms with E-state index in [1.165, 1.54) is 12.3 Å². The molecule has 1 amide bonds. The monoisotopic (exact) mass is 499 g/mol. The lowest BCUT2D eigenvalue weighted by Crippen LogP contribution is -2.14. The van der Waals surface area contributed by atoms with E-state index in [1.807, 2.05) is 35.7 Å². The van der Waals surface area contributed by atoms with Crippen LogP contribution in [0.25, 0.3) is 17.0 Å². The SMILES string of the molecule is Cc1cnc(-c2cc(NC(=O)c3ccc(C)c(C#Cc4cnc5ccccn45)c3)cc(C(F)(F)F)c2)[nH]1. The molecule has 37 heavy (non-hydrogen) atoms. The Morgan fingerprint density at radius 2 is 1.84 bits per heavy atom. The molecule has 0 aliphatic rings. The second-order valence-corrected chi connectivity index (χ2v) is 8.52. The van der Waals surface area contributed by atoms with Gasteiger partial charge in [-0.15, -0.1) is 0 Å². The minimum Gasteiger partial charge on any atom is -0.342 e. The average molecular weight is 499 g/mol. The first-order valence-corrected chi connectivity index (χ1v) is 11.3. The number of alkyl halides is 3. The number of imidazole rings is 2. The zero-order chi connectivity index (χ0) is 26.2. The second-order valence-electron chi connectivity index (χ2n) is 8.52. The zero-order valence-corrected chi connectivity index (χ0v) is 19.8. The van der Waals surface area contributed by atoms with Gasteiger partial charge >= 0.3 is 6.18 Å². The molecule has 0 spiro atoms. The number of rotatable bonds is 3. The largest absolute Gasteiger partial charge is 0.416 e. The van der Waals surface area contributed by atoms with Crippen LogP contribution in [0.1, 0.15) is 38.4 Å². The van der Waals surface area contributed by atoms with E-state index in [1.54, 1.807) is 31.3 Å². The fourth-order valence-corrected chi connectivity index (χ4v) is 3.82. The molecule has 5 aromatic rings. The van der Waals surface area contributed by atoms with Gasteiger partial charge in [-0.2, -0.15) is 13.2 Å². The predicted molar refractivity (Wildman–Crippen MR) is 134 cm³/mol. The van der Waals surface area contributed by atoms with Crippen LogP contribution in [0.2, 0.25) is 0 Å². The van der Waals surface area contributed by atoms with Crippen LogP contribution in [0.15, 0.2) is 73.2 Å². The van der Waals surface area contributed by atoms with Crippen LogP contribution < -0.4 is 5.32 Å². The van der Waals surface area contributed by atoms with Gasteiger partial charge in [-0.05, 0) is 67.8 Å². The number of pyridine rings is 1. The van der Waals surface area contributed by atoms with Crippen LogP contribution in [-0.2, 0) is 6.18 Å². The summed E-state index contributed by atoms with van der Waals surface area (Å²) in [5, 5.41) is 2.59. The highest BCUT2D eigenvalue weighted by atomic mass is 19.4. The van der Waals surface area contributed by atoms with Crippen LogP contribution in [0, 0.1) is 25.7 Å². The van der Waals surface area contributed by atoms with Crippen LogP contribution in [-0.4, -0.2) is 25.3 Å². The molecule has 0 saturated heterocycles. The summed E-state index contributed by atoms with van der Waals surface area (Å²) < 4.78 is 42.5. The van der Waals surface area contributed by atoms with Gasteiger partial charge in [0.15, 0.2) is 0 Å². The van der Waals surface area contributed by atoms with E-state index in [-0.39, 0.29) is 22.6 Å². The van der Waals surface area contributed by atoms with Crippen LogP contribution in [0.4, 0.5) is 18.9 Å². The Labute approximate surface area is 210 Å². The average Bonchev–Trinajstić information content (AvgIpc) is 3.49. The summed E-state index contributed by atoms with van der Waals surface area (Å²) in [6.07, 6.45) is 0.452. The lowest BCUT2D eigenvalue weighted by Gasteiger charge is -2.13. The van der Waals surface area contributed by atoms with E-state index in [0.29, 0.717) is 17.0 Å². The molecule has 6 nitrogen and oxygen atoms in total. The third-order valence-electron chi connectivity index (χ3n) is 5.74. The van der Waals surface area contributed by atoms with E-state index >= 15 is 0 Å². The van der Waals surface area contributed by atoms with Gasteiger partial charge in [-0.25, -0.2) is 9.97 Å². The Kier molecular flexibility index (Phi) is 6.01. The first kappa shape index (κ1) is 23.9. The van der Waals surface area contributed by atoms with Crippen molar-refractivity contribution < 1.29 is 18.0 Å². The number of aromatic nitrogens is 4. The number of H-pyrrole nitrogens is 1. The summed E-state index contributed by atoms with van der Waals surface area (Å²) in [5.41, 5.74) is 3.22. The molecule has 0 saturated carbocycles. The zero-order valence-electron chi connectivity index (χ0n) is 19.8. The van der Waals surface area contributed by atoms with Crippen LogP contribution in [0.5, 0.6) is 0 Å². The molecule has 3 aromatic heterocycles. The number of hydrogen-bond acceptors (Lipinski definition) is 3. The summed E-state index contributed by atoms with van der Waals surface area (Å²) >= 11 is 0. The van der Waals surface area contributed by atoms with Gasteiger partial charge in [0.25, 0.3) is 5.91 Å². The summed E-state index contributed by atoms with van der Waals surface area (Å²) in [7, 11) is 0. The fraction of sp³-hybridized carbons (Fsp3) is 0.107. The molecule has 3 heterocycles. The van der Waals surface area contributed by atoms with Crippen molar-refractivity contribution in [2.24, 2.45) is 0 Å². The van der Waals surface area contributed by atoms with Crippen molar-refractivity contribution >= 4 is 17.2 Å². The van der Waals surface area contributed by atoms with Crippen LogP contribution in [0.3, 0.4) is 0 Å². The number of carbonyl (C=O) groups is 1. The van der Waals surface area contributed by atoms with Crippen molar-refractivity contribution in [1.82, 2.24) is 19.4 Å². The van der Waals surface area contributed by atoms with Gasteiger partial charge in [0.05, 0.1) is 11.8 Å². The van der Waals surface area contributed by atoms with Crippen molar-refractivity contribution in [1.29, 1.82) is 0 Å². The van der Waals surface area contributed by atoms with Gasteiger partial charge in [-0.3, -0.25) is 9.20 Å². The number of carbonyl (C=O) groups excluding carboxylic acids is 1. The number of halogens is 3. The molecular weight excluding hydrogens is 479 g/mol. The molecular formula is C28H20F3N5O. The molecule has 0 fully saturated rings. The number of aromatic amines is 1. The minimum atomic E-state index is -4.60. The van der Waals surface area contributed by atoms with Gasteiger partial charge in [0.2, 0.25) is 0 Å². The molecule has 5 rings (SSSR count). The van der Waals surface area contributed by atoms with E-state index in [2.05, 4.69) is 32.1 Å². The van der Waals surface area contributed by atoms with Gasteiger partial charge < -0.3 is 10.3 Å². The Balaban J connectivity index is 1.45. The lowest BCUT2D eigenvalue weighted by molar-refractivity contribution is -0.137. The Morgan fingerprint density at radius 1 is 1.00 bits per heavy atom. The van der Waals surface area contributed by atoms with Gasteiger partial charge in [0, 0.05) is 40.5 Å². The molecule has 184 valence electrons. The summed E-state index contributed by atoms with van der Waals surface area (Å²) in [5.74, 6) is 5.87. The Bertz CT molecular complexity index is 1700. The summed E-state index contributed by atoms with van der Waals surface area (Å²) in [6.45, 7) is 3.62. The van der Waals surface area contributed by atoms with Gasteiger partial charge in [-0.1, -0.05) is 18.1 Å². The maximum atomic E-state index is 13.6. The van der Waals surface area contributed by atoms with Crippen molar-refractivity contribution in [3.63, 3.8) is 0 Å². The highest BCUT2D eigenvalue weighted by molar-refractivity contribution is 6.04. The standard InChI is InChI=1S/C28H20F3N5O/c1-17-6-7-20(11-19(17)8-9-24-16-32-25-5-3-4-10-36(24)25)27(37)35-23-13-21(26-33-15-18(2)34-26)12-22(14-23)28(29,30)31/h3-7,10-16H,1-2H3,(H,33,34)(H,35,37). The van der Waals surface area contributed by atoms with Crippen molar-refractivity contribution in [2.75, 3.05) is 5.32 Å². The maximum Gasteiger partial charge on any atom is 0.416 e. The molecule has 0 unspecified atom stereocenters. The molecule has 0 radical (unpaired) electrons. The second kappa shape index (κ2) is 9.32. The Morgan fingerprint density at radius 3 is 2.59 bits per heavy atom. The van der Waals surface area contributed by atoms with Crippen LogP contribution >= 0.6 is 0 Å². The van der Waals surface area contributed by atoms with Crippen molar-refractivity contribution in [3.8, 4) is 23.2 Å². The molecule has 2 N–H and O–H groups in total. The minimum absolute atomic E-state index is 0.00261. The number of aryl methyl sites for hydroxylation is 2. The van der Waals surface area contributed by atoms with Crippen molar-refractivity contribution in [2.45, 2.75) is 20.0 Å². The van der Waals surface area contributed by atoms with Crippen molar-refractivity contribution in [3.05, 3.63) is 107 Å².